The van der Waals surface area contributed by atoms with Crippen molar-refractivity contribution in [1.82, 2.24) is 0 Å². The van der Waals surface area contributed by atoms with Crippen LogP contribution in [0.5, 0.6) is 0 Å². The van der Waals surface area contributed by atoms with Crippen LogP contribution in [0.4, 0.5) is 0 Å². The molecule has 3 heteroatoms. The molecule has 2 atom stereocenters. The van der Waals surface area contributed by atoms with Crippen LogP contribution in [0.15, 0.2) is 36.4 Å². The summed E-state index contributed by atoms with van der Waals surface area (Å²) < 4.78 is 4.87. The predicted octanol–water partition coefficient (Wildman–Crippen LogP) is 3.04. The lowest BCUT2D eigenvalue weighted by Gasteiger charge is -2.12. The van der Waals surface area contributed by atoms with Gasteiger partial charge in [0.25, 0.3) is 0 Å². The van der Waals surface area contributed by atoms with Gasteiger partial charge < -0.3 is 4.74 Å². The van der Waals surface area contributed by atoms with Gasteiger partial charge in [-0.05, 0) is 12.5 Å². The maximum Gasteiger partial charge on any atom is 0.323 e. The second-order valence-electron chi connectivity index (χ2n) is 3.99. The molecule has 0 aliphatic rings. The first kappa shape index (κ1) is 14.0. The average Bonchev–Trinajstić information content (AvgIpc) is 2.39. The number of allylic oxidation sites excluding steroid dienone is 1. The van der Waals surface area contributed by atoms with Crippen molar-refractivity contribution >= 4 is 12.0 Å². The number of ether oxygens (including phenoxy) is 1. The number of carbonyl (C=O) groups excluding carboxylic acids is 1. The van der Waals surface area contributed by atoms with Crippen LogP contribution in [0.3, 0.4) is 0 Å². The molecule has 0 spiro atoms. The third-order valence-electron chi connectivity index (χ3n) is 2.60. The van der Waals surface area contributed by atoms with Gasteiger partial charge in [-0.3, -0.25) is 4.79 Å². The highest BCUT2D eigenvalue weighted by Gasteiger charge is 2.24. The lowest BCUT2D eigenvalue weighted by molar-refractivity contribution is -0.146. The van der Waals surface area contributed by atoms with Gasteiger partial charge in [0.15, 0.2) is 0 Å². The molecule has 0 heterocycles. The molecule has 18 heavy (non-hydrogen) atoms. The van der Waals surface area contributed by atoms with Crippen LogP contribution < -0.4 is 0 Å². The van der Waals surface area contributed by atoms with E-state index in [9.17, 15) is 4.79 Å². The highest BCUT2D eigenvalue weighted by molar-refractivity contribution is 5.76. The van der Waals surface area contributed by atoms with Crippen LogP contribution in [0.25, 0.3) is 6.08 Å². The van der Waals surface area contributed by atoms with Gasteiger partial charge in [0.2, 0.25) is 0 Å². The summed E-state index contributed by atoms with van der Waals surface area (Å²) in [5.74, 6) is -1.37. The summed E-state index contributed by atoms with van der Waals surface area (Å²) >= 11 is 0. The van der Waals surface area contributed by atoms with E-state index in [1.807, 2.05) is 55.5 Å². The van der Waals surface area contributed by atoms with Crippen molar-refractivity contribution in [3.05, 3.63) is 42.0 Å². The zero-order valence-corrected chi connectivity index (χ0v) is 10.7. The average molecular weight is 243 g/mol. The minimum Gasteiger partial charge on any atom is -0.465 e. The Morgan fingerprint density at radius 2 is 2.11 bits per heavy atom. The normalized spacial score (nSPS) is 13.8. The lowest BCUT2D eigenvalue weighted by Crippen LogP contribution is -2.21. The molecule has 0 bridgehead atoms. The molecule has 3 nitrogen and oxygen atoms in total. The number of hydrogen-bond donors (Lipinski definition) is 0. The summed E-state index contributed by atoms with van der Waals surface area (Å²) in [6.07, 6.45) is 3.77. The van der Waals surface area contributed by atoms with Crippen molar-refractivity contribution in [1.29, 1.82) is 5.26 Å². The molecule has 0 radical (unpaired) electrons. The summed E-state index contributed by atoms with van der Waals surface area (Å²) in [4.78, 5) is 11.5. The molecule has 0 aliphatic carbocycles. The number of carbonyl (C=O) groups is 1. The third-order valence-corrected chi connectivity index (χ3v) is 2.60. The first-order valence-corrected chi connectivity index (χ1v) is 5.98. The Kier molecular flexibility index (Phi) is 5.66. The van der Waals surface area contributed by atoms with E-state index in [0.29, 0.717) is 6.61 Å². The van der Waals surface area contributed by atoms with Gasteiger partial charge in [0.1, 0.15) is 5.92 Å². The molecule has 0 N–H and O–H groups in total. The Labute approximate surface area is 108 Å². The number of hydrogen-bond acceptors (Lipinski definition) is 3. The van der Waals surface area contributed by atoms with E-state index in [1.54, 1.807) is 6.92 Å². The molecule has 94 valence electrons. The van der Waals surface area contributed by atoms with Gasteiger partial charge in [0, 0.05) is 5.92 Å². The fourth-order valence-corrected chi connectivity index (χ4v) is 1.56. The van der Waals surface area contributed by atoms with Gasteiger partial charge in [0.05, 0.1) is 12.7 Å². The Balaban J connectivity index is 2.69. The van der Waals surface area contributed by atoms with Crippen molar-refractivity contribution in [2.45, 2.75) is 13.8 Å². The summed E-state index contributed by atoms with van der Waals surface area (Å²) in [7, 11) is 0. The van der Waals surface area contributed by atoms with E-state index >= 15 is 0 Å². The van der Waals surface area contributed by atoms with Gasteiger partial charge in [-0.2, -0.15) is 5.26 Å². The zero-order chi connectivity index (χ0) is 13.4. The van der Waals surface area contributed by atoms with E-state index < -0.39 is 11.9 Å². The predicted molar refractivity (Wildman–Crippen MR) is 70.4 cm³/mol. The second kappa shape index (κ2) is 7.29. The van der Waals surface area contributed by atoms with Crippen molar-refractivity contribution in [3.63, 3.8) is 0 Å². The quantitative estimate of drug-likeness (QED) is 0.747. The molecular weight excluding hydrogens is 226 g/mol. The van der Waals surface area contributed by atoms with Crippen molar-refractivity contribution < 1.29 is 9.53 Å². The van der Waals surface area contributed by atoms with Crippen LogP contribution in [-0.4, -0.2) is 12.6 Å². The van der Waals surface area contributed by atoms with Crippen LogP contribution in [0, 0.1) is 23.2 Å². The second-order valence-corrected chi connectivity index (χ2v) is 3.99. The largest absolute Gasteiger partial charge is 0.465 e. The number of benzene rings is 1. The molecule has 0 fully saturated rings. The lowest BCUT2D eigenvalue weighted by atomic mass is 9.94. The van der Waals surface area contributed by atoms with Gasteiger partial charge in [-0.15, -0.1) is 0 Å². The summed E-state index contributed by atoms with van der Waals surface area (Å²) in [6, 6.07) is 11.8. The molecular formula is C15H17NO2. The summed E-state index contributed by atoms with van der Waals surface area (Å²) in [5, 5.41) is 9.01. The molecule has 0 saturated heterocycles. The van der Waals surface area contributed by atoms with Crippen LogP contribution in [-0.2, 0) is 9.53 Å². The zero-order valence-electron chi connectivity index (χ0n) is 10.7. The van der Waals surface area contributed by atoms with Crippen LogP contribution >= 0.6 is 0 Å². The highest BCUT2D eigenvalue weighted by Crippen LogP contribution is 2.16. The third kappa shape index (κ3) is 4.06. The Morgan fingerprint density at radius 3 is 2.67 bits per heavy atom. The number of esters is 1. The SMILES string of the molecule is CCOC(=O)C(C#N)C(C)C=Cc1ccccc1. The van der Waals surface area contributed by atoms with Crippen molar-refractivity contribution in [3.8, 4) is 6.07 Å². The van der Waals surface area contributed by atoms with E-state index in [2.05, 4.69) is 0 Å². The van der Waals surface area contributed by atoms with Crippen LogP contribution in [0.2, 0.25) is 0 Å². The Morgan fingerprint density at radius 1 is 1.44 bits per heavy atom. The maximum absolute atomic E-state index is 11.5. The smallest absolute Gasteiger partial charge is 0.323 e. The number of rotatable bonds is 5. The van der Waals surface area contributed by atoms with Crippen molar-refractivity contribution in [2.75, 3.05) is 6.61 Å². The topological polar surface area (TPSA) is 50.1 Å². The molecule has 0 aliphatic heterocycles. The molecule has 1 aromatic rings. The highest BCUT2D eigenvalue weighted by atomic mass is 16.5. The van der Waals surface area contributed by atoms with E-state index in [0.717, 1.165) is 5.56 Å². The summed E-state index contributed by atoms with van der Waals surface area (Å²) in [6.45, 7) is 3.87. The van der Waals surface area contributed by atoms with Crippen molar-refractivity contribution in [2.24, 2.45) is 11.8 Å². The van der Waals surface area contributed by atoms with E-state index in [4.69, 9.17) is 10.00 Å². The maximum atomic E-state index is 11.5. The monoisotopic (exact) mass is 243 g/mol. The molecule has 1 rings (SSSR count). The Hall–Kier alpha value is -2.08. The molecule has 2 unspecified atom stereocenters. The molecule has 1 aromatic carbocycles. The minimum atomic E-state index is -0.745. The fraction of sp³-hybridized carbons (Fsp3) is 0.333. The first-order valence-electron chi connectivity index (χ1n) is 5.98. The van der Waals surface area contributed by atoms with E-state index in [1.165, 1.54) is 0 Å². The number of nitrogens with zero attached hydrogens (tertiary/aromatic N) is 1. The fourth-order valence-electron chi connectivity index (χ4n) is 1.56. The van der Waals surface area contributed by atoms with Crippen LogP contribution in [0.1, 0.15) is 19.4 Å². The Bertz CT molecular complexity index is 445. The minimum absolute atomic E-state index is 0.172. The van der Waals surface area contributed by atoms with Gasteiger partial charge in [-0.25, -0.2) is 0 Å². The molecule has 0 amide bonds. The van der Waals surface area contributed by atoms with Gasteiger partial charge >= 0.3 is 5.97 Å². The standard InChI is InChI=1S/C15H17NO2/c1-3-18-15(17)14(11-16)12(2)9-10-13-7-5-4-6-8-13/h4-10,12,14H,3H2,1-2H3. The van der Waals surface area contributed by atoms with E-state index in [-0.39, 0.29) is 5.92 Å². The first-order chi connectivity index (χ1) is 8.69. The molecule has 0 saturated carbocycles. The number of nitriles is 1. The van der Waals surface area contributed by atoms with Gasteiger partial charge in [-0.1, -0.05) is 49.4 Å². The molecule has 0 aromatic heterocycles. The summed E-state index contributed by atoms with van der Waals surface area (Å²) in [5.41, 5.74) is 1.05.